The molecule has 0 atom stereocenters. The molecule has 3 heterocycles. The number of nitrogens with one attached hydrogen (secondary N) is 2. The number of aromatic nitrogens is 5. The number of esters is 1. The third-order valence-corrected chi connectivity index (χ3v) is 13.6. The summed E-state index contributed by atoms with van der Waals surface area (Å²) in [5.74, 6) is -3.18. The highest BCUT2D eigenvalue weighted by molar-refractivity contribution is 7.14. The summed E-state index contributed by atoms with van der Waals surface area (Å²) >= 11 is 2.34. The molecule has 0 aliphatic carbocycles. The highest BCUT2D eigenvalue weighted by Crippen LogP contribution is 2.42. The van der Waals surface area contributed by atoms with Gasteiger partial charge in [0.05, 0.1) is 0 Å². The van der Waals surface area contributed by atoms with E-state index in [0.29, 0.717) is 19.9 Å². The van der Waals surface area contributed by atoms with E-state index in [-0.39, 0.29) is 11.4 Å². The lowest BCUT2D eigenvalue weighted by Gasteiger charge is -2.36. The van der Waals surface area contributed by atoms with Crippen molar-refractivity contribution in [3.8, 4) is 0 Å². The van der Waals surface area contributed by atoms with Crippen molar-refractivity contribution in [2.75, 3.05) is 29.9 Å². The second-order valence-corrected chi connectivity index (χ2v) is 19.9. The van der Waals surface area contributed by atoms with Gasteiger partial charge in [0, 0.05) is 10.8 Å². The minimum Gasteiger partial charge on any atom is -0.459 e. The Balaban J connectivity index is 1.13. The molecule has 0 radical (unpaired) electrons. The smallest absolute Gasteiger partial charge is 0.366 e. The Bertz CT molecular complexity index is 3190. The number of anilines is 2. The first-order chi connectivity index (χ1) is 37.4. The minimum absolute atomic E-state index is 0.0242. The molecule has 0 saturated carbocycles. The maximum Gasteiger partial charge on any atom is 0.366 e. The van der Waals surface area contributed by atoms with Crippen LogP contribution in [0.1, 0.15) is 65.5 Å². The quantitative estimate of drug-likeness (QED) is 0.0338. The van der Waals surface area contributed by atoms with Gasteiger partial charge in [-0.1, -0.05) is 192 Å². The second-order valence-electron chi connectivity index (χ2n) is 18.2. The van der Waals surface area contributed by atoms with Gasteiger partial charge in [0.25, 0.3) is 0 Å². The maximum atomic E-state index is 15.4. The molecule has 0 saturated heterocycles. The van der Waals surface area contributed by atoms with Crippen LogP contribution in [0.5, 0.6) is 0 Å². The molecule has 0 bridgehead atoms. The molecule has 3 aromatic heterocycles. The maximum absolute atomic E-state index is 15.4. The summed E-state index contributed by atoms with van der Waals surface area (Å²) in [6.07, 6.45) is 0.918. The van der Waals surface area contributed by atoms with Gasteiger partial charge in [0.15, 0.2) is 21.7 Å². The summed E-state index contributed by atoms with van der Waals surface area (Å²) in [4.78, 5) is 78.7. The Hall–Kier alpha value is -9.33. The van der Waals surface area contributed by atoms with Crippen LogP contribution in [0.3, 0.4) is 0 Å². The number of carbonyl (C=O) groups excluding carboxylic acids is 3. The van der Waals surface area contributed by atoms with Gasteiger partial charge in [-0.05, 0) is 54.2 Å². The molecule has 0 unspecified atom stereocenters. The van der Waals surface area contributed by atoms with E-state index in [0.717, 1.165) is 44.4 Å². The van der Waals surface area contributed by atoms with Crippen LogP contribution in [0.2, 0.25) is 0 Å². The van der Waals surface area contributed by atoms with Crippen molar-refractivity contribution in [1.82, 2.24) is 24.4 Å². The predicted octanol–water partition coefficient (Wildman–Crippen LogP) is 9.20. The molecular formula is C58H52N10O7S2. The van der Waals surface area contributed by atoms with E-state index < -0.39 is 58.1 Å². The van der Waals surface area contributed by atoms with Crippen LogP contribution >= 0.6 is 22.7 Å². The average Bonchev–Trinajstić information content (AvgIpc) is 4.27. The van der Waals surface area contributed by atoms with Crippen LogP contribution in [-0.2, 0) is 46.4 Å². The van der Waals surface area contributed by atoms with E-state index in [1.54, 1.807) is 31.5 Å². The highest BCUT2D eigenvalue weighted by atomic mass is 32.1. The molecule has 9 rings (SSSR count). The number of rotatable bonds is 19. The molecular weight excluding hydrogens is 1010 g/mol. The van der Waals surface area contributed by atoms with Crippen LogP contribution in [-0.4, -0.2) is 73.5 Å². The first kappa shape index (κ1) is 52.5. The lowest BCUT2D eigenvalue weighted by Crippen LogP contribution is -2.55. The Labute approximate surface area is 451 Å². The zero-order valence-electron chi connectivity index (χ0n) is 42.5. The number of imide groups is 1. The summed E-state index contributed by atoms with van der Waals surface area (Å²) in [6, 6.07) is 59.2. The van der Waals surface area contributed by atoms with Crippen LogP contribution < -0.4 is 21.3 Å². The summed E-state index contributed by atoms with van der Waals surface area (Å²) in [6.45, 7) is 4.37. The monoisotopic (exact) mass is 1060 g/mol. The van der Waals surface area contributed by atoms with Gasteiger partial charge in [0.1, 0.15) is 55.2 Å². The van der Waals surface area contributed by atoms with E-state index in [9.17, 15) is 9.59 Å². The Morgan fingerprint density at radius 2 is 0.870 bits per heavy atom. The van der Waals surface area contributed by atoms with Crippen LogP contribution in [0, 0.1) is 0 Å². The normalized spacial score (nSPS) is 12.1. The molecule has 0 aliphatic rings. The van der Waals surface area contributed by atoms with Crippen LogP contribution in [0.4, 0.5) is 10.3 Å². The molecule has 0 fully saturated rings. The summed E-state index contributed by atoms with van der Waals surface area (Å²) in [5, 5.41) is 24.1. The van der Waals surface area contributed by atoms with Gasteiger partial charge in [-0.15, -0.1) is 22.7 Å². The van der Waals surface area contributed by atoms with Crippen molar-refractivity contribution in [3.63, 3.8) is 0 Å². The summed E-state index contributed by atoms with van der Waals surface area (Å²) in [5.41, 5.74) is 0.374. The molecule has 77 heavy (non-hydrogen) atoms. The minimum atomic E-state index is -1.19. The number of ether oxygens (including phenoxy) is 1. The molecule has 9 aromatic rings. The van der Waals surface area contributed by atoms with E-state index in [1.807, 2.05) is 182 Å². The van der Waals surface area contributed by atoms with E-state index in [4.69, 9.17) is 24.4 Å². The summed E-state index contributed by atoms with van der Waals surface area (Å²) in [7, 11) is 2.45. The molecule has 17 nitrogen and oxygen atoms in total. The van der Waals surface area contributed by atoms with Crippen molar-refractivity contribution in [1.29, 1.82) is 0 Å². The van der Waals surface area contributed by atoms with Gasteiger partial charge in [-0.2, -0.15) is 14.8 Å². The van der Waals surface area contributed by atoms with Crippen LogP contribution in [0.25, 0.3) is 0 Å². The van der Waals surface area contributed by atoms with Crippen molar-refractivity contribution < 1.29 is 28.8 Å². The van der Waals surface area contributed by atoms with Gasteiger partial charge < -0.3 is 25.0 Å². The van der Waals surface area contributed by atoms with E-state index in [2.05, 4.69) is 26.0 Å². The second kappa shape index (κ2) is 23.1. The van der Waals surface area contributed by atoms with Gasteiger partial charge in [-0.3, -0.25) is 14.4 Å². The van der Waals surface area contributed by atoms with Gasteiger partial charge in [0.2, 0.25) is 0 Å². The fraction of sp³-hybridized carbons (Fsp3) is 0.155. The first-order valence-corrected chi connectivity index (χ1v) is 25.9. The van der Waals surface area contributed by atoms with Crippen LogP contribution in [0.15, 0.2) is 214 Å². The number of carbonyl (C=O) groups is 3. The zero-order valence-corrected chi connectivity index (χ0v) is 44.1. The Morgan fingerprint density at radius 1 is 0.545 bits per heavy atom. The summed E-state index contributed by atoms with van der Waals surface area (Å²) < 4.78 is 6.86. The standard InChI is InChI=1S/C58H52N10O7S2/c1-56(2,3)75-48(69)36-66-55(72)67(39-59-66)68(51(70)49(64-73-4)46-37-76-53(60-46)62-57(40-24-12-6-13-25-40,41-26-14-7-15-27-41)42-28-16-8-17-29-42)52(71)50(65-74-5)47-38-77-54(61-47)63-58(43-30-18-9-19-31-43,44-32-20-10-21-33-44)45-34-22-11-23-35-45/h6-35,37-39H,36H2,1-5H3,(H,60,62)(H,61,63)/b64-49+,65-50+. The fourth-order valence-electron chi connectivity index (χ4n) is 8.89. The lowest BCUT2D eigenvalue weighted by molar-refractivity contribution is -0.155. The molecule has 388 valence electrons. The van der Waals surface area contributed by atoms with Gasteiger partial charge >= 0.3 is 23.5 Å². The van der Waals surface area contributed by atoms with Crippen molar-refractivity contribution >= 4 is 62.1 Å². The van der Waals surface area contributed by atoms with E-state index >= 15 is 9.59 Å². The van der Waals surface area contributed by atoms with Gasteiger partial charge in [-0.25, -0.2) is 19.4 Å². The highest BCUT2D eigenvalue weighted by Gasteiger charge is 2.41. The number of thiazole rings is 2. The largest absolute Gasteiger partial charge is 0.459 e. The molecule has 2 amide bonds. The van der Waals surface area contributed by atoms with E-state index in [1.165, 1.54) is 36.9 Å². The average molecular weight is 1070 g/mol. The molecule has 0 spiro atoms. The molecule has 2 N–H and O–H groups in total. The number of hydrogen-bond acceptors (Lipinski definition) is 16. The number of benzene rings is 6. The third kappa shape index (κ3) is 11.1. The fourth-order valence-corrected chi connectivity index (χ4v) is 10.4. The number of oxime groups is 2. The molecule has 0 aliphatic heterocycles. The third-order valence-electron chi connectivity index (χ3n) is 12.1. The van der Waals surface area contributed by atoms with Crippen molar-refractivity contribution in [2.45, 2.75) is 44.0 Å². The van der Waals surface area contributed by atoms with Crippen molar-refractivity contribution in [3.05, 3.63) is 254 Å². The first-order valence-electron chi connectivity index (χ1n) is 24.1. The topological polar surface area (TPSA) is 197 Å². The SMILES string of the molecule is CO/N=C(/C(=O)N(C(=O)/C(=N/OC)c1csc(NC(c2ccccc2)(c2ccccc2)c2ccccc2)n1)n1cnn(CC(=O)OC(C)(C)C)c1=O)c1csc(NC(c2ccccc2)(c2ccccc2)c2ccccc2)n1. The number of amides is 2. The Morgan fingerprint density at radius 3 is 1.17 bits per heavy atom. The predicted molar refractivity (Wildman–Crippen MR) is 298 cm³/mol. The molecule has 19 heteroatoms. The molecule has 6 aromatic carbocycles. The lowest BCUT2D eigenvalue weighted by atomic mass is 9.77. The zero-order chi connectivity index (χ0) is 54.0. The number of nitrogens with zero attached hydrogens (tertiary/aromatic N) is 8. The van der Waals surface area contributed by atoms with Crippen molar-refractivity contribution in [2.24, 2.45) is 10.3 Å². The Kier molecular flexibility index (Phi) is 15.7. The number of hydrogen-bond donors (Lipinski definition) is 2.